The number of rotatable bonds is 2. The maximum Gasteiger partial charge on any atom is 0.0968 e. The van der Waals surface area contributed by atoms with Crippen molar-refractivity contribution in [3.05, 3.63) is 23.4 Å². The molecule has 1 heterocycles. The highest BCUT2D eigenvalue weighted by Gasteiger charge is 2.39. The predicted molar refractivity (Wildman–Crippen MR) is 74.3 cm³/mol. The summed E-state index contributed by atoms with van der Waals surface area (Å²) in [7, 11) is 0. The highest BCUT2D eigenvalue weighted by molar-refractivity contribution is 7.99. The Bertz CT molecular complexity index is 394. The van der Waals surface area contributed by atoms with E-state index in [4.69, 9.17) is 5.73 Å². The Kier molecular flexibility index (Phi) is 3.50. The lowest BCUT2D eigenvalue weighted by atomic mass is 9.88. The van der Waals surface area contributed by atoms with Crippen molar-refractivity contribution in [2.24, 2.45) is 11.1 Å². The standard InChI is InChI=1S/C14H22N2S/c1-9-7-10(2)16-12(8-9)17-11-5-6-14(3,4)13(11)15/h7-8,11,13H,5-6,15H2,1-4H3. The molecule has 0 spiro atoms. The molecule has 17 heavy (non-hydrogen) atoms. The summed E-state index contributed by atoms with van der Waals surface area (Å²) in [5.74, 6) is 0. The zero-order valence-electron chi connectivity index (χ0n) is 11.2. The van der Waals surface area contributed by atoms with Gasteiger partial charge in [-0.15, -0.1) is 11.8 Å². The third-order valence-electron chi connectivity index (χ3n) is 3.72. The fraction of sp³-hybridized carbons (Fsp3) is 0.643. The molecule has 2 rings (SSSR count). The minimum atomic E-state index is 0.273. The monoisotopic (exact) mass is 250 g/mol. The van der Waals surface area contributed by atoms with Gasteiger partial charge in [-0.1, -0.05) is 13.8 Å². The smallest absolute Gasteiger partial charge is 0.0968 e. The number of hydrogen-bond donors (Lipinski definition) is 1. The summed E-state index contributed by atoms with van der Waals surface area (Å²) in [6, 6.07) is 4.55. The Labute approximate surface area is 108 Å². The first-order chi connectivity index (χ1) is 7.88. The van der Waals surface area contributed by atoms with E-state index in [2.05, 4.69) is 44.8 Å². The first-order valence-corrected chi connectivity index (χ1v) is 7.14. The van der Waals surface area contributed by atoms with Gasteiger partial charge in [0.15, 0.2) is 0 Å². The van der Waals surface area contributed by atoms with Crippen LogP contribution in [0.2, 0.25) is 0 Å². The van der Waals surface area contributed by atoms with Gasteiger partial charge in [0.05, 0.1) is 5.03 Å². The van der Waals surface area contributed by atoms with Crippen LogP contribution in [-0.2, 0) is 0 Å². The molecular formula is C14H22N2S. The molecule has 0 aromatic carbocycles. The van der Waals surface area contributed by atoms with Gasteiger partial charge in [-0.05, 0) is 49.8 Å². The van der Waals surface area contributed by atoms with Crippen molar-refractivity contribution in [3.63, 3.8) is 0 Å². The molecule has 2 nitrogen and oxygen atoms in total. The molecule has 2 unspecified atom stereocenters. The Morgan fingerprint density at radius 3 is 2.59 bits per heavy atom. The molecule has 2 N–H and O–H groups in total. The minimum Gasteiger partial charge on any atom is -0.326 e. The van der Waals surface area contributed by atoms with Crippen molar-refractivity contribution in [1.29, 1.82) is 0 Å². The van der Waals surface area contributed by atoms with Gasteiger partial charge in [-0.2, -0.15) is 0 Å². The summed E-state index contributed by atoms with van der Waals surface area (Å²) in [6.07, 6.45) is 2.42. The Balaban J connectivity index is 2.12. The SMILES string of the molecule is Cc1cc(C)nc(SC2CCC(C)(C)C2N)c1. The molecule has 0 saturated heterocycles. The van der Waals surface area contributed by atoms with Crippen LogP contribution in [0.1, 0.15) is 37.9 Å². The third-order valence-corrected chi connectivity index (χ3v) is 5.00. The van der Waals surface area contributed by atoms with E-state index in [1.165, 1.54) is 18.4 Å². The van der Waals surface area contributed by atoms with Crippen LogP contribution >= 0.6 is 11.8 Å². The highest BCUT2D eigenvalue weighted by atomic mass is 32.2. The Hall–Kier alpha value is -0.540. The van der Waals surface area contributed by atoms with Gasteiger partial charge >= 0.3 is 0 Å². The fourth-order valence-electron chi connectivity index (χ4n) is 2.52. The van der Waals surface area contributed by atoms with Gasteiger partial charge in [0, 0.05) is 17.0 Å². The zero-order valence-corrected chi connectivity index (χ0v) is 12.0. The molecule has 1 aliphatic carbocycles. The van der Waals surface area contributed by atoms with E-state index in [1.807, 2.05) is 11.8 Å². The molecule has 2 atom stereocenters. The molecule has 1 aromatic rings. The molecule has 1 fully saturated rings. The van der Waals surface area contributed by atoms with Crippen molar-refractivity contribution in [2.45, 2.75) is 56.9 Å². The molecule has 0 aliphatic heterocycles. The van der Waals surface area contributed by atoms with Crippen molar-refractivity contribution in [2.75, 3.05) is 0 Å². The van der Waals surface area contributed by atoms with Gasteiger partial charge in [0.1, 0.15) is 0 Å². The van der Waals surface area contributed by atoms with Crippen LogP contribution in [0.3, 0.4) is 0 Å². The van der Waals surface area contributed by atoms with E-state index >= 15 is 0 Å². The summed E-state index contributed by atoms with van der Waals surface area (Å²) < 4.78 is 0. The van der Waals surface area contributed by atoms with Gasteiger partial charge < -0.3 is 5.73 Å². The minimum absolute atomic E-state index is 0.273. The molecular weight excluding hydrogens is 228 g/mol. The van der Waals surface area contributed by atoms with Gasteiger partial charge in [-0.25, -0.2) is 4.98 Å². The normalized spacial score (nSPS) is 27.4. The maximum absolute atomic E-state index is 6.33. The Morgan fingerprint density at radius 1 is 1.35 bits per heavy atom. The molecule has 0 bridgehead atoms. The van der Waals surface area contributed by atoms with E-state index < -0.39 is 0 Å². The first-order valence-electron chi connectivity index (χ1n) is 6.26. The van der Waals surface area contributed by atoms with E-state index in [1.54, 1.807) is 0 Å². The summed E-state index contributed by atoms with van der Waals surface area (Å²) in [4.78, 5) is 4.59. The molecule has 1 aliphatic rings. The number of pyridine rings is 1. The van der Waals surface area contributed by atoms with Gasteiger partial charge in [0.2, 0.25) is 0 Å². The van der Waals surface area contributed by atoms with Gasteiger partial charge in [0.25, 0.3) is 0 Å². The number of hydrogen-bond acceptors (Lipinski definition) is 3. The molecule has 94 valence electrons. The topological polar surface area (TPSA) is 38.9 Å². The maximum atomic E-state index is 6.33. The second kappa shape index (κ2) is 4.62. The molecule has 1 aromatic heterocycles. The lowest BCUT2D eigenvalue weighted by Crippen LogP contribution is -2.38. The van der Waals surface area contributed by atoms with Crippen molar-refractivity contribution in [1.82, 2.24) is 4.98 Å². The number of aromatic nitrogens is 1. The van der Waals surface area contributed by atoms with Crippen LogP contribution in [0.25, 0.3) is 0 Å². The van der Waals surface area contributed by atoms with Crippen LogP contribution in [-0.4, -0.2) is 16.3 Å². The lowest BCUT2D eigenvalue weighted by Gasteiger charge is -2.26. The predicted octanol–water partition coefficient (Wildman–Crippen LogP) is 3.31. The summed E-state index contributed by atoms with van der Waals surface area (Å²) in [5.41, 5.74) is 8.99. The van der Waals surface area contributed by atoms with Crippen LogP contribution in [0.15, 0.2) is 17.2 Å². The first kappa shape index (κ1) is 12.9. The van der Waals surface area contributed by atoms with Crippen molar-refractivity contribution >= 4 is 11.8 Å². The number of thioether (sulfide) groups is 1. The average Bonchev–Trinajstić information content (AvgIpc) is 2.44. The average molecular weight is 250 g/mol. The van der Waals surface area contributed by atoms with E-state index in [0.29, 0.717) is 5.25 Å². The summed E-state index contributed by atoms with van der Waals surface area (Å²) >= 11 is 1.85. The second-order valence-corrected chi connectivity index (χ2v) is 7.09. The summed E-state index contributed by atoms with van der Waals surface area (Å²) in [5, 5.41) is 1.64. The fourth-order valence-corrected chi connectivity index (χ4v) is 4.03. The van der Waals surface area contributed by atoms with E-state index in [-0.39, 0.29) is 11.5 Å². The lowest BCUT2D eigenvalue weighted by molar-refractivity contribution is 0.334. The number of nitrogens with zero attached hydrogens (tertiary/aromatic N) is 1. The van der Waals surface area contributed by atoms with E-state index in [0.717, 1.165) is 10.7 Å². The quantitative estimate of drug-likeness (QED) is 0.875. The summed E-state index contributed by atoms with van der Waals surface area (Å²) in [6.45, 7) is 8.72. The molecule has 1 saturated carbocycles. The van der Waals surface area contributed by atoms with Gasteiger partial charge in [-0.3, -0.25) is 0 Å². The molecule has 3 heteroatoms. The van der Waals surface area contributed by atoms with Crippen LogP contribution < -0.4 is 5.73 Å². The van der Waals surface area contributed by atoms with E-state index in [9.17, 15) is 0 Å². The molecule has 0 radical (unpaired) electrons. The number of aryl methyl sites for hydroxylation is 2. The van der Waals surface area contributed by atoms with Crippen LogP contribution in [0.4, 0.5) is 0 Å². The third kappa shape index (κ3) is 2.83. The number of nitrogens with two attached hydrogens (primary N) is 1. The zero-order chi connectivity index (χ0) is 12.6. The van der Waals surface area contributed by atoms with Crippen LogP contribution in [0, 0.1) is 19.3 Å². The van der Waals surface area contributed by atoms with Crippen molar-refractivity contribution < 1.29 is 0 Å². The Morgan fingerprint density at radius 2 is 2.06 bits per heavy atom. The van der Waals surface area contributed by atoms with Crippen molar-refractivity contribution in [3.8, 4) is 0 Å². The molecule has 0 amide bonds. The largest absolute Gasteiger partial charge is 0.326 e. The second-order valence-electron chi connectivity index (χ2n) is 5.83. The highest BCUT2D eigenvalue weighted by Crippen LogP contribution is 2.43. The van der Waals surface area contributed by atoms with Crippen LogP contribution in [0.5, 0.6) is 0 Å².